The number of nitrogens with two attached hydrogens (primary N) is 2. The van der Waals surface area contributed by atoms with Gasteiger partial charge in [-0.2, -0.15) is 0 Å². The molecule has 0 aromatic heterocycles. The molecular formula is C7H15N3OS. The molecule has 0 heterocycles. The summed E-state index contributed by atoms with van der Waals surface area (Å²) in [4.78, 5) is 12.9. The minimum Gasteiger partial charge on any atom is -0.392 e. The lowest BCUT2D eigenvalue weighted by molar-refractivity contribution is -0.122. The number of thiocarbonyl (C=S) groups is 1. The normalized spacial score (nSPS) is 15.7. The van der Waals surface area contributed by atoms with Crippen molar-refractivity contribution in [3.63, 3.8) is 0 Å². The fraction of sp³-hybridized carbons (Fsp3) is 0.714. The van der Waals surface area contributed by atoms with Crippen molar-refractivity contribution in [3.05, 3.63) is 0 Å². The summed E-state index contributed by atoms with van der Waals surface area (Å²) in [6.07, 6.45) is 0. The third-order valence-corrected chi connectivity index (χ3v) is 2.39. The zero-order valence-electron chi connectivity index (χ0n) is 7.57. The second-order valence-corrected chi connectivity index (χ2v) is 3.29. The van der Waals surface area contributed by atoms with E-state index in [1.165, 1.54) is 0 Å². The highest BCUT2D eigenvalue weighted by Crippen LogP contribution is 2.01. The Kier molecular flexibility index (Phi) is 4.12. The summed E-state index contributed by atoms with van der Waals surface area (Å²) in [5.74, 6) is -0.374. The predicted molar refractivity (Wildman–Crippen MR) is 52.7 cm³/mol. The van der Waals surface area contributed by atoms with Crippen LogP contribution in [0.5, 0.6) is 0 Å². The molecule has 1 amide bonds. The molecule has 12 heavy (non-hydrogen) atoms. The monoisotopic (exact) mass is 189 g/mol. The lowest BCUT2D eigenvalue weighted by atomic mass is 10.2. The summed E-state index contributed by atoms with van der Waals surface area (Å²) in [6, 6.07) is -0.455. The van der Waals surface area contributed by atoms with Crippen LogP contribution < -0.4 is 11.5 Å². The van der Waals surface area contributed by atoms with Crippen LogP contribution in [0.25, 0.3) is 0 Å². The van der Waals surface area contributed by atoms with Crippen molar-refractivity contribution >= 4 is 23.1 Å². The van der Waals surface area contributed by atoms with E-state index in [1.807, 2.05) is 6.92 Å². The molecule has 0 spiro atoms. The van der Waals surface area contributed by atoms with Gasteiger partial charge in [0.2, 0.25) is 5.91 Å². The van der Waals surface area contributed by atoms with Crippen molar-refractivity contribution in [1.82, 2.24) is 4.90 Å². The Labute approximate surface area is 77.9 Å². The van der Waals surface area contributed by atoms with E-state index in [4.69, 9.17) is 23.7 Å². The number of amides is 1. The van der Waals surface area contributed by atoms with E-state index in [0.717, 1.165) is 0 Å². The van der Waals surface area contributed by atoms with Crippen molar-refractivity contribution in [2.75, 3.05) is 7.05 Å². The second-order valence-electron chi connectivity index (χ2n) is 2.82. The van der Waals surface area contributed by atoms with Crippen LogP contribution in [0.1, 0.15) is 13.8 Å². The first-order valence-electron chi connectivity index (χ1n) is 3.68. The minimum atomic E-state index is -0.374. The molecule has 0 saturated heterocycles. The zero-order valence-corrected chi connectivity index (χ0v) is 8.39. The molecule has 0 fully saturated rings. The van der Waals surface area contributed by atoms with Crippen molar-refractivity contribution in [3.8, 4) is 0 Å². The summed E-state index contributed by atoms with van der Waals surface area (Å²) in [6.45, 7) is 3.55. The average molecular weight is 189 g/mol. The van der Waals surface area contributed by atoms with Crippen LogP contribution >= 0.6 is 12.2 Å². The highest BCUT2D eigenvalue weighted by molar-refractivity contribution is 7.80. The molecule has 0 bridgehead atoms. The van der Waals surface area contributed by atoms with Gasteiger partial charge in [0, 0.05) is 0 Å². The highest BCUT2D eigenvalue weighted by atomic mass is 32.1. The Morgan fingerprint density at radius 2 is 1.75 bits per heavy atom. The third kappa shape index (κ3) is 2.75. The first-order chi connectivity index (χ1) is 5.37. The standard InChI is InChI=1S/C7H15N3OS/c1-4(6(8)11)10(3)5(2)7(9)12/h4-5H,1-3H3,(H2,8,11)(H2,9,12). The number of carbonyl (C=O) groups excluding carboxylic acids is 1. The summed E-state index contributed by atoms with van der Waals surface area (Å²) < 4.78 is 0. The van der Waals surface area contributed by atoms with Crippen LogP contribution in [0.3, 0.4) is 0 Å². The number of hydrogen-bond acceptors (Lipinski definition) is 3. The van der Waals surface area contributed by atoms with Crippen LogP contribution in [0.2, 0.25) is 0 Å². The van der Waals surface area contributed by atoms with E-state index in [-0.39, 0.29) is 18.0 Å². The van der Waals surface area contributed by atoms with Gasteiger partial charge in [0.05, 0.1) is 17.1 Å². The number of primary amides is 1. The molecule has 0 aromatic rings. The van der Waals surface area contributed by atoms with Crippen LogP contribution in [0.4, 0.5) is 0 Å². The average Bonchev–Trinajstić information content (AvgIpc) is 2.00. The van der Waals surface area contributed by atoms with Crippen molar-refractivity contribution in [1.29, 1.82) is 0 Å². The number of hydrogen-bond donors (Lipinski definition) is 2. The molecule has 4 nitrogen and oxygen atoms in total. The smallest absolute Gasteiger partial charge is 0.234 e. The molecule has 70 valence electrons. The van der Waals surface area contributed by atoms with E-state index >= 15 is 0 Å². The van der Waals surface area contributed by atoms with Crippen LogP contribution in [-0.4, -0.2) is 34.9 Å². The van der Waals surface area contributed by atoms with Gasteiger partial charge in [-0.25, -0.2) is 0 Å². The Morgan fingerprint density at radius 1 is 1.33 bits per heavy atom. The summed E-state index contributed by atoms with van der Waals surface area (Å²) in [5.41, 5.74) is 10.5. The fourth-order valence-corrected chi connectivity index (χ4v) is 0.903. The van der Waals surface area contributed by atoms with E-state index in [1.54, 1.807) is 18.9 Å². The van der Waals surface area contributed by atoms with Gasteiger partial charge in [0.1, 0.15) is 0 Å². The third-order valence-electron chi connectivity index (χ3n) is 2.05. The Morgan fingerprint density at radius 3 is 2.00 bits per heavy atom. The molecule has 0 radical (unpaired) electrons. The van der Waals surface area contributed by atoms with Gasteiger partial charge in [0.25, 0.3) is 0 Å². The SMILES string of the molecule is CC(C(N)=O)N(C)C(C)C(N)=S. The molecule has 4 N–H and O–H groups in total. The van der Waals surface area contributed by atoms with Crippen LogP contribution in [-0.2, 0) is 4.79 Å². The number of rotatable bonds is 4. The lowest BCUT2D eigenvalue weighted by Crippen LogP contribution is -2.49. The van der Waals surface area contributed by atoms with Crippen molar-refractivity contribution in [2.45, 2.75) is 25.9 Å². The quantitative estimate of drug-likeness (QED) is 0.583. The van der Waals surface area contributed by atoms with Gasteiger partial charge in [-0.15, -0.1) is 0 Å². The van der Waals surface area contributed by atoms with Crippen molar-refractivity contribution in [2.24, 2.45) is 11.5 Å². The van der Waals surface area contributed by atoms with Gasteiger partial charge in [0.15, 0.2) is 0 Å². The predicted octanol–water partition coefficient (Wildman–Crippen LogP) is -0.533. The molecule has 0 saturated carbocycles. The first kappa shape index (κ1) is 11.3. The first-order valence-corrected chi connectivity index (χ1v) is 4.09. The maximum absolute atomic E-state index is 10.8. The highest BCUT2D eigenvalue weighted by Gasteiger charge is 2.21. The van der Waals surface area contributed by atoms with Crippen molar-refractivity contribution < 1.29 is 4.79 Å². The molecule has 0 aromatic carbocycles. The van der Waals surface area contributed by atoms with E-state index < -0.39 is 0 Å². The molecule has 2 atom stereocenters. The summed E-state index contributed by atoms with van der Waals surface area (Å²) in [7, 11) is 1.76. The molecular weight excluding hydrogens is 174 g/mol. The van der Waals surface area contributed by atoms with Gasteiger partial charge < -0.3 is 11.5 Å². The Balaban J connectivity index is 4.28. The van der Waals surface area contributed by atoms with E-state index in [9.17, 15) is 4.79 Å². The van der Waals surface area contributed by atoms with Gasteiger partial charge in [-0.3, -0.25) is 9.69 Å². The zero-order chi connectivity index (χ0) is 9.89. The largest absolute Gasteiger partial charge is 0.392 e. The van der Waals surface area contributed by atoms with E-state index in [2.05, 4.69) is 0 Å². The second kappa shape index (κ2) is 4.37. The summed E-state index contributed by atoms with van der Waals surface area (Å²) >= 11 is 4.78. The molecule has 0 aliphatic heterocycles. The molecule has 0 rings (SSSR count). The van der Waals surface area contributed by atoms with Gasteiger partial charge >= 0.3 is 0 Å². The molecule has 5 heteroatoms. The topological polar surface area (TPSA) is 72.4 Å². The minimum absolute atomic E-state index is 0.109. The fourth-order valence-electron chi connectivity index (χ4n) is 0.737. The van der Waals surface area contributed by atoms with Crippen LogP contribution in [0.15, 0.2) is 0 Å². The molecule has 0 aliphatic rings. The molecule has 2 unspecified atom stereocenters. The van der Waals surface area contributed by atoms with Crippen LogP contribution in [0, 0.1) is 0 Å². The van der Waals surface area contributed by atoms with Gasteiger partial charge in [-0.05, 0) is 20.9 Å². The number of likely N-dealkylation sites (N-methyl/N-ethyl adjacent to an activating group) is 1. The Hall–Kier alpha value is -0.680. The Bertz CT molecular complexity index is 175. The molecule has 0 aliphatic carbocycles. The van der Waals surface area contributed by atoms with E-state index in [0.29, 0.717) is 4.99 Å². The number of carbonyl (C=O) groups is 1. The summed E-state index contributed by atoms with van der Waals surface area (Å²) in [5, 5.41) is 0. The lowest BCUT2D eigenvalue weighted by Gasteiger charge is -2.27. The van der Waals surface area contributed by atoms with Gasteiger partial charge in [-0.1, -0.05) is 12.2 Å². The maximum atomic E-state index is 10.8. The maximum Gasteiger partial charge on any atom is 0.234 e. The number of nitrogens with zero attached hydrogens (tertiary/aromatic N) is 1.